The van der Waals surface area contributed by atoms with Crippen molar-refractivity contribution in [1.82, 2.24) is 23.6 Å². The number of anilines is 1. The standard InChI is InChI=1S/C26H26Cl2N6O3/c1-16-5-4-6-17(13-16)15-34-21-22(30(2)26(37)31(3)24(21)36)29-25(34)33-11-9-32(10-12-33)23(35)18-7-8-19(27)20(28)14-18/h4-8,13-14H,9-12,15H2,1-3H3. The lowest BCUT2D eigenvalue weighted by Gasteiger charge is -2.35. The normalized spacial score (nSPS) is 14.0. The maximum atomic E-state index is 13.2. The number of halogens is 2. The van der Waals surface area contributed by atoms with Gasteiger partial charge in [-0.25, -0.2) is 4.79 Å². The highest BCUT2D eigenvalue weighted by Crippen LogP contribution is 2.25. The highest BCUT2D eigenvalue weighted by atomic mass is 35.5. The Bertz CT molecular complexity index is 1650. The molecule has 4 aromatic rings. The van der Waals surface area contributed by atoms with E-state index in [-0.39, 0.29) is 5.91 Å². The van der Waals surface area contributed by atoms with Gasteiger partial charge in [-0.2, -0.15) is 4.98 Å². The Kier molecular flexibility index (Phi) is 6.59. The van der Waals surface area contributed by atoms with Gasteiger partial charge in [-0.15, -0.1) is 0 Å². The zero-order valence-corrected chi connectivity index (χ0v) is 22.3. The summed E-state index contributed by atoms with van der Waals surface area (Å²) in [5.41, 5.74) is 2.50. The number of imidazole rings is 1. The average Bonchev–Trinajstić information content (AvgIpc) is 3.26. The van der Waals surface area contributed by atoms with Crippen LogP contribution in [0.25, 0.3) is 11.2 Å². The van der Waals surface area contributed by atoms with Gasteiger partial charge in [0.05, 0.1) is 16.6 Å². The summed E-state index contributed by atoms with van der Waals surface area (Å²) in [5, 5.41) is 0.735. The number of benzene rings is 2. The fourth-order valence-electron chi connectivity index (χ4n) is 4.74. The van der Waals surface area contributed by atoms with E-state index in [1.54, 1.807) is 30.1 Å². The van der Waals surface area contributed by atoms with Crippen molar-refractivity contribution in [2.75, 3.05) is 31.1 Å². The minimum atomic E-state index is -0.429. The predicted molar refractivity (Wildman–Crippen MR) is 145 cm³/mol. The van der Waals surface area contributed by atoms with Crippen LogP contribution in [0.1, 0.15) is 21.5 Å². The van der Waals surface area contributed by atoms with Gasteiger partial charge >= 0.3 is 5.69 Å². The largest absolute Gasteiger partial charge is 0.339 e. The van der Waals surface area contributed by atoms with Crippen molar-refractivity contribution in [2.45, 2.75) is 13.5 Å². The molecule has 0 N–H and O–H groups in total. The van der Waals surface area contributed by atoms with Gasteiger partial charge in [0.15, 0.2) is 11.2 Å². The number of piperazine rings is 1. The molecule has 0 atom stereocenters. The number of aryl methyl sites for hydroxylation is 2. The second-order valence-electron chi connectivity index (χ2n) is 9.27. The third kappa shape index (κ3) is 4.53. The van der Waals surface area contributed by atoms with E-state index in [1.165, 1.54) is 11.6 Å². The van der Waals surface area contributed by atoms with Crippen molar-refractivity contribution in [3.8, 4) is 0 Å². The number of aromatic nitrogens is 4. The second kappa shape index (κ2) is 9.72. The molecule has 2 aromatic carbocycles. The van der Waals surface area contributed by atoms with E-state index >= 15 is 0 Å². The molecule has 0 aliphatic carbocycles. The summed E-state index contributed by atoms with van der Waals surface area (Å²) < 4.78 is 4.38. The summed E-state index contributed by atoms with van der Waals surface area (Å²) in [7, 11) is 3.09. The molecule has 0 radical (unpaired) electrons. The van der Waals surface area contributed by atoms with Gasteiger partial charge in [0, 0.05) is 45.8 Å². The molecule has 1 aliphatic heterocycles. The van der Waals surface area contributed by atoms with Crippen LogP contribution in [-0.4, -0.2) is 55.7 Å². The SMILES string of the molecule is Cc1cccc(Cn2c(N3CCN(C(=O)c4ccc(Cl)c(Cl)c4)CC3)nc3c2c(=O)n(C)c(=O)n3C)c1. The smallest absolute Gasteiger partial charge is 0.332 e. The fraction of sp³-hybridized carbons (Fsp3) is 0.308. The Hall–Kier alpha value is -3.56. The van der Waals surface area contributed by atoms with E-state index in [2.05, 4.69) is 11.0 Å². The number of rotatable bonds is 4. The molecule has 0 spiro atoms. The zero-order chi connectivity index (χ0) is 26.4. The summed E-state index contributed by atoms with van der Waals surface area (Å²) in [4.78, 5) is 47.5. The fourth-order valence-corrected chi connectivity index (χ4v) is 5.04. The Morgan fingerprint density at radius 2 is 1.68 bits per heavy atom. The molecule has 1 aliphatic rings. The van der Waals surface area contributed by atoms with Gasteiger partial charge < -0.3 is 9.80 Å². The third-order valence-electron chi connectivity index (χ3n) is 6.77. The maximum Gasteiger partial charge on any atom is 0.332 e. The molecular formula is C26H26Cl2N6O3. The summed E-state index contributed by atoms with van der Waals surface area (Å²) in [6.07, 6.45) is 0. The molecule has 9 nitrogen and oxygen atoms in total. The van der Waals surface area contributed by atoms with E-state index in [4.69, 9.17) is 28.2 Å². The average molecular weight is 541 g/mol. The zero-order valence-electron chi connectivity index (χ0n) is 20.7. The Morgan fingerprint density at radius 3 is 2.35 bits per heavy atom. The van der Waals surface area contributed by atoms with E-state index < -0.39 is 11.2 Å². The molecule has 0 unspecified atom stereocenters. The van der Waals surface area contributed by atoms with Gasteiger partial charge in [0.25, 0.3) is 11.5 Å². The number of fused-ring (bicyclic) bond motifs is 1. The monoisotopic (exact) mass is 540 g/mol. The van der Waals surface area contributed by atoms with Crippen molar-refractivity contribution < 1.29 is 4.79 Å². The van der Waals surface area contributed by atoms with Gasteiger partial charge in [0.2, 0.25) is 5.95 Å². The number of hydrogen-bond acceptors (Lipinski definition) is 5. The number of hydrogen-bond donors (Lipinski definition) is 0. The van der Waals surface area contributed by atoms with Crippen LogP contribution in [0.4, 0.5) is 5.95 Å². The minimum Gasteiger partial charge on any atom is -0.339 e. The van der Waals surface area contributed by atoms with Crippen LogP contribution >= 0.6 is 23.2 Å². The van der Waals surface area contributed by atoms with Crippen LogP contribution in [0, 0.1) is 6.92 Å². The molecule has 1 amide bonds. The van der Waals surface area contributed by atoms with Crippen LogP contribution in [0.15, 0.2) is 52.1 Å². The molecule has 1 fully saturated rings. The summed E-state index contributed by atoms with van der Waals surface area (Å²) >= 11 is 12.1. The molecule has 11 heteroatoms. The first-order valence-electron chi connectivity index (χ1n) is 11.9. The third-order valence-corrected chi connectivity index (χ3v) is 7.51. The first-order chi connectivity index (χ1) is 17.7. The van der Waals surface area contributed by atoms with Crippen LogP contribution in [-0.2, 0) is 20.6 Å². The van der Waals surface area contributed by atoms with Crippen molar-refractivity contribution in [1.29, 1.82) is 0 Å². The summed E-state index contributed by atoms with van der Waals surface area (Å²) in [6.45, 7) is 4.39. The van der Waals surface area contributed by atoms with Crippen LogP contribution in [0.5, 0.6) is 0 Å². The highest BCUT2D eigenvalue weighted by molar-refractivity contribution is 6.42. The summed E-state index contributed by atoms with van der Waals surface area (Å²) in [6, 6.07) is 12.9. The van der Waals surface area contributed by atoms with Gasteiger partial charge in [-0.05, 0) is 30.7 Å². The van der Waals surface area contributed by atoms with Crippen molar-refractivity contribution in [3.63, 3.8) is 0 Å². The predicted octanol–water partition coefficient (Wildman–Crippen LogP) is 3.06. The molecular weight excluding hydrogens is 515 g/mol. The molecule has 2 aromatic heterocycles. The van der Waals surface area contributed by atoms with Crippen molar-refractivity contribution in [3.05, 3.63) is 90.0 Å². The lowest BCUT2D eigenvalue weighted by atomic mass is 10.1. The van der Waals surface area contributed by atoms with E-state index in [0.717, 1.165) is 15.7 Å². The molecule has 192 valence electrons. The maximum absolute atomic E-state index is 13.2. The van der Waals surface area contributed by atoms with Crippen LogP contribution < -0.4 is 16.1 Å². The molecule has 37 heavy (non-hydrogen) atoms. The molecule has 3 heterocycles. The molecule has 0 saturated carbocycles. The van der Waals surface area contributed by atoms with Gasteiger partial charge in [-0.1, -0.05) is 53.0 Å². The lowest BCUT2D eigenvalue weighted by Crippen LogP contribution is -2.49. The lowest BCUT2D eigenvalue weighted by molar-refractivity contribution is 0.0746. The van der Waals surface area contributed by atoms with E-state index in [0.29, 0.717) is 65.4 Å². The number of nitrogens with zero attached hydrogens (tertiary/aromatic N) is 6. The Morgan fingerprint density at radius 1 is 0.946 bits per heavy atom. The van der Waals surface area contributed by atoms with Gasteiger partial charge in [0.1, 0.15) is 0 Å². The first-order valence-corrected chi connectivity index (χ1v) is 12.6. The Labute approximate surface area is 223 Å². The van der Waals surface area contributed by atoms with E-state index in [9.17, 15) is 14.4 Å². The van der Waals surface area contributed by atoms with Crippen LogP contribution in [0.3, 0.4) is 0 Å². The van der Waals surface area contributed by atoms with Gasteiger partial charge in [-0.3, -0.25) is 23.3 Å². The molecule has 1 saturated heterocycles. The topological polar surface area (TPSA) is 85.4 Å². The van der Waals surface area contributed by atoms with E-state index in [1.807, 2.05) is 29.7 Å². The molecule has 0 bridgehead atoms. The molecule has 5 rings (SSSR count). The van der Waals surface area contributed by atoms with Crippen LogP contribution in [0.2, 0.25) is 10.0 Å². The second-order valence-corrected chi connectivity index (χ2v) is 10.1. The first kappa shape index (κ1) is 25.1. The minimum absolute atomic E-state index is 0.122. The number of carbonyl (C=O) groups excluding carboxylic acids is 1. The van der Waals surface area contributed by atoms with Crippen molar-refractivity contribution in [2.24, 2.45) is 14.1 Å². The highest BCUT2D eigenvalue weighted by Gasteiger charge is 2.28. The van der Waals surface area contributed by atoms with Crippen molar-refractivity contribution >= 4 is 46.2 Å². The number of amides is 1. The Balaban J connectivity index is 1.50. The summed E-state index contributed by atoms with van der Waals surface area (Å²) in [5.74, 6) is 0.471. The number of carbonyl (C=O) groups is 1. The quantitative estimate of drug-likeness (QED) is 0.397.